The minimum Gasteiger partial charge on any atom is -0.462 e. The lowest BCUT2D eigenvalue weighted by Gasteiger charge is -2.07. The number of carbonyl (C=O) groups is 1. The Morgan fingerprint density at radius 2 is 1.83 bits per heavy atom. The molecule has 1 aromatic rings. The molecule has 0 spiro atoms. The van der Waals surface area contributed by atoms with Crippen molar-refractivity contribution in [2.45, 2.75) is 25.2 Å². The Bertz CT molecular complexity index is 541. The van der Waals surface area contributed by atoms with Crippen molar-refractivity contribution in [2.24, 2.45) is 0 Å². The summed E-state index contributed by atoms with van der Waals surface area (Å²) in [4.78, 5) is 11.0. The van der Waals surface area contributed by atoms with Gasteiger partial charge in [-0.05, 0) is 25.5 Å². The van der Waals surface area contributed by atoms with Gasteiger partial charge in [0.25, 0.3) is 0 Å². The first-order valence-electron chi connectivity index (χ1n) is 5.57. The predicted octanol–water partition coefficient (Wildman–Crippen LogP) is 2.24. The van der Waals surface area contributed by atoms with Crippen LogP contribution in [0.2, 0.25) is 0 Å². The second-order valence-corrected chi connectivity index (χ2v) is 5.85. The summed E-state index contributed by atoms with van der Waals surface area (Å²) in [6, 6.07) is 6.22. The third-order valence-corrected chi connectivity index (χ3v) is 4.03. The normalized spacial score (nSPS) is 11.0. The average Bonchev–Trinajstić information content (AvgIpc) is 2.35. The Kier molecular flexibility index (Phi) is 4.67. The van der Waals surface area contributed by atoms with Crippen LogP contribution < -0.4 is 0 Å². The molecule has 18 heavy (non-hydrogen) atoms. The van der Waals surface area contributed by atoms with Crippen molar-refractivity contribution in [1.29, 1.82) is 0 Å². The van der Waals surface area contributed by atoms with Gasteiger partial charge >= 0.3 is 5.97 Å². The lowest BCUT2D eigenvalue weighted by Crippen LogP contribution is -2.16. The Balaban J connectivity index is 2.96. The van der Waals surface area contributed by atoms with Gasteiger partial charge < -0.3 is 4.74 Å². The van der Waals surface area contributed by atoms with E-state index < -0.39 is 20.7 Å². The number of ether oxygens (including phenoxy) is 1. The Morgan fingerprint density at radius 1 is 1.28 bits per heavy atom. The monoisotopic (exact) mass is 268 g/mol. The molecule has 0 heterocycles. The molecular formula is C13H16O4S. The summed E-state index contributed by atoms with van der Waals surface area (Å²) in [6.45, 7) is 7.17. The smallest absolute Gasteiger partial charge is 0.349 e. The maximum Gasteiger partial charge on any atom is 0.349 e. The largest absolute Gasteiger partial charge is 0.462 e. The number of benzene rings is 1. The molecular weight excluding hydrogens is 252 g/mol. The van der Waals surface area contributed by atoms with Crippen molar-refractivity contribution in [3.63, 3.8) is 0 Å². The van der Waals surface area contributed by atoms with Crippen LogP contribution in [0, 0.1) is 6.92 Å². The van der Waals surface area contributed by atoms with Gasteiger partial charge in [0.1, 0.15) is 4.91 Å². The first-order chi connectivity index (χ1) is 8.39. The van der Waals surface area contributed by atoms with E-state index in [9.17, 15) is 13.2 Å². The SMILES string of the molecule is C=C(C(=O)OCCC)S(=O)(=O)c1ccc(C)cc1. The van der Waals surface area contributed by atoms with E-state index >= 15 is 0 Å². The van der Waals surface area contributed by atoms with Gasteiger partial charge in [-0.25, -0.2) is 13.2 Å². The van der Waals surface area contributed by atoms with Crippen molar-refractivity contribution in [3.8, 4) is 0 Å². The minimum absolute atomic E-state index is 0.0477. The van der Waals surface area contributed by atoms with E-state index in [-0.39, 0.29) is 11.5 Å². The summed E-state index contributed by atoms with van der Waals surface area (Å²) in [5.41, 5.74) is 0.938. The van der Waals surface area contributed by atoms with Gasteiger partial charge in [-0.1, -0.05) is 31.2 Å². The highest BCUT2D eigenvalue weighted by atomic mass is 32.2. The highest BCUT2D eigenvalue weighted by molar-refractivity contribution is 7.96. The molecule has 5 heteroatoms. The molecule has 0 amide bonds. The summed E-state index contributed by atoms with van der Waals surface area (Å²) in [5, 5.41) is 0. The fourth-order valence-electron chi connectivity index (χ4n) is 1.24. The topological polar surface area (TPSA) is 60.4 Å². The number of aryl methyl sites for hydroxylation is 1. The third-order valence-electron chi connectivity index (χ3n) is 2.32. The van der Waals surface area contributed by atoms with E-state index in [4.69, 9.17) is 4.74 Å². The molecule has 1 rings (SSSR count). The maximum absolute atomic E-state index is 12.0. The molecule has 0 unspecified atom stereocenters. The Morgan fingerprint density at radius 3 is 2.33 bits per heavy atom. The zero-order chi connectivity index (χ0) is 13.8. The second-order valence-electron chi connectivity index (χ2n) is 3.88. The zero-order valence-electron chi connectivity index (χ0n) is 10.5. The lowest BCUT2D eigenvalue weighted by molar-refractivity contribution is -0.138. The number of hydrogen-bond acceptors (Lipinski definition) is 4. The summed E-state index contributed by atoms with van der Waals surface area (Å²) in [5.74, 6) is -0.891. The first kappa shape index (κ1) is 14.4. The van der Waals surface area contributed by atoms with Crippen molar-refractivity contribution in [1.82, 2.24) is 0 Å². The van der Waals surface area contributed by atoms with Crippen LogP contribution in [0.5, 0.6) is 0 Å². The van der Waals surface area contributed by atoms with E-state index in [1.54, 1.807) is 12.1 Å². The molecule has 0 saturated heterocycles. The number of carbonyl (C=O) groups excluding carboxylic acids is 1. The van der Waals surface area contributed by atoms with E-state index in [2.05, 4.69) is 6.58 Å². The Hall–Kier alpha value is -1.62. The average molecular weight is 268 g/mol. The van der Waals surface area contributed by atoms with E-state index in [0.29, 0.717) is 6.42 Å². The predicted molar refractivity (Wildman–Crippen MR) is 68.8 cm³/mol. The van der Waals surface area contributed by atoms with Crippen LogP contribution in [-0.4, -0.2) is 21.0 Å². The molecule has 0 saturated carbocycles. The molecule has 0 radical (unpaired) electrons. The molecule has 0 aliphatic heterocycles. The van der Waals surface area contributed by atoms with E-state index in [1.807, 2.05) is 13.8 Å². The summed E-state index contributed by atoms with van der Waals surface area (Å²) < 4.78 is 28.9. The van der Waals surface area contributed by atoms with Crippen LogP contribution in [0.25, 0.3) is 0 Å². The van der Waals surface area contributed by atoms with Crippen molar-refractivity contribution < 1.29 is 17.9 Å². The van der Waals surface area contributed by atoms with Crippen LogP contribution in [0.4, 0.5) is 0 Å². The highest BCUT2D eigenvalue weighted by Gasteiger charge is 2.25. The molecule has 98 valence electrons. The van der Waals surface area contributed by atoms with Gasteiger partial charge in [0.15, 0.2) is 0 Å². The van der Waals surface area contributed by atoms with Crippen molar-refractivity contribution >= 4 is 15.8 Å². The highest BCUT2D eigenvalue weighted by Crippen LogP contribution is 2.19. The molecule has 4 nitrogen and oxygen atoms in total. The second kappa shape index (κ2) is 5.82. The molecule has 0 aromatic heterocycles. The van der Waals surface area contributed by atoms with Crippen LogP contribution >= 0.6 is 0 Å². The summed E-state index contributed by atoms with van der Waals surface area (Å²) in [7, 11) is -3.85. The van der Waals surface area contributed by atoms with E-state index in [0.717, 1.165) is 5.56 Å². The van der Waals surface area contributed by atoms with Crippen LogP contribution in [0.15, 0.2) is 40.6 Å². The van der Waals surface area contributed by atoms with Crippen LogP contribution in [0.1, 0.15) is 18.9 Å². The van der Waals surface area contributed by atoms with E-state index in [1.165, 1.54) is 12.1 Å². The quantitative estimate of drug-likeness (QED) is 0.607. The summed E-state index contributed by atoms with van der Waals surface area (Å²) >= 11 is 0. The number of hydrogen-bond donors (Lipinski definition) is 0. The number of esters is 1. The molecule has 0 bridgehead atoms. The fraction of sp³-hybridized carbons (Fsp3) is 0.308. The zero-order valence-corrected chi connectivity index (χ0v) is 11.3. The van der Waals surface area contributed by atoms with Gasteiger partial charge in [-0.2, -0.15) is 0 Å². The molecule has 0 aliphatic rings. The van der Waals surface area contributed by atoms with Crippen molar-refractivity contribution in [3.05, 3.63) is 41.3 Å². The van der Waals surface area contributed by atoms with Gasteiger partial charge in [0.05, 0.1) is 11.5 Å². The van der Waals surface area contributed by atoms with Gasteiger partial charge in [0.2, 0.25) is 9.84 Å². The fourth-order valence-corrected chi connectivity index (χ4v) is 2.30. The summed E-state index contributed by atoms with van der Waals surface area (Å²) in [6.07, 6.45) is 0.629. The lowest BCUT2D eigenvalue weighted by atomic mass is 10.2. The van der Waals surface area contributed by atoms with Gasteiger partial charge in [-0.3, -0.25) is 0 Å². The number of sulfone groups is 1. The Labute approximate surface area is 107 Å². The molecule has 0 fully saturated rings. The maximum atomic E-state index is 12.0. The van der Waals surface area contributed by atoms with Gasteiger partial charge in [-0.15, -0.1) is 0 Å². The van der Waals surface area contributed by atoms with Crippen LogP contribution in [-0.2, 0) is 19.4 Å². The van der Waals surface area contributed by atoms with Crippen molar-refractivity contribution in [2.75, 3.05) is 6.61 Å². The van der Waals surface area contributed by atoms with Crippen LogP contribution in [0.3, 0.4) is 0 Å². The molecule has 0 aliphatic carbocycles. The first-order valence-corrected chi connectivity index (χ1v) is 7.05. The molecule has 0 atom stereocenters. The third kappa shape index (κ3) is 3.20. The standard InChI is InChI=1S/C13H16O4S/c1-4-9-17-13(14)11(3)18(15,16)12-7-5-10(2)6-8-12/h5-8H,3-4,9H2,1-2H3. The molecule has 0 N–H and O–H groups in total. The van der Waals surface area contributed by atoms with Gasteiger partial charge in [0, 0.05) is 0 Å². The minimum atomic E-state index is -3.85. The number of rotatable bonds is 5. The molecule has 1 aromatic carbocycles.